The number of aromatic nitrogens is 1. The zero-order chi connectivity index (χ0) is 21.3. The molecule has 0 spiro atoms. The first-order chi connectivity index (χ1) is 14.4. The van der Waals surface area contributed by atoms with Crippen molar-refractivity contribution in [3.05, 3.63) is 52.7 Å². The predicted octanol–water partition coefficient (Wildman–Crippen LogP) is 5.71. The second-order valence-electron chi connectivity index (χ2n) is 6.70. The quantitative estimate of drug-likeness (QED) is 0.348. The van der Waals surface area contributed by atoms with Crippen molar-refractivity contribution in [1.82, 2.24) is 4.98 Å². The number of fused-ring (bicyclic) bond motifs is 3. The molecule has 9 heteroatoms. The van der Waals surface area contributed by atoms with E-state index in [-0.39, 0.29) is 25.4 Å². The molecule has 0 atom stereocenters. The fourth-order valence-electron chi connectivity index (χ4n) is 3.62. The molecule has 3 aromatic rings. The van der Waals surface area contributed by atoms with E-state index in [9.17, 15) is 8.96 Å². The Balaban J connectivity index is 1.76. The maximum atomic E-state index is 13.8. The number of anilines is 1. The number of nitrogens with two attached hydrogens (primary N) is 1. The van der Waals surface area contributed by atoms with Crippen LogP contribution in [0, 0.1) is 5.82 Å². The van der Waals surface area contributed by atoms with Crippen molar-refractivity contribution in [2.24, 2.45) is 0 Å². The standard InChI is InChI=1S/C21H22FN2O4PS/c1-3-27-29(25,28-4-2)12-26-17-9-8-15(13-6-5-7-14(22)10-13)16-11-18-20(19(16)17)24-21(23)30-18/h5-10H,3-4,11-12H2,1-2H3,(H2,23,24). The van der Waals surface area contributed by atoms with E-state index < -0.39 is 7.60 Å². The first kappa shape index (κ1) is 21.0. The van der Waals surface area contributed by atoms with E-state index in [1.807, 2.05) is 12.1 Å². The summed E-state index contributed by atoms with van der Waals surface area (Å²) >= 11 is 1.42. The number of thiazole rings is 1. The third-order valence-corrected chi connectivity index (χ3v) is 7.36. The van der Waals surface area contributed by atoms with E-state index >= 15 is 0 Å². The van der Waals surface area contributed by atoms with Gasteiger partial charge in [0.2, 0.25) is 0 Å². The van der Waals surface area contributed by atoms with Gasteiger partial charge < -0.3 is 19.5 Å². The molecule has 0 radical (unpaired) electrons. The molecule has 30 heavy (non-hydrogen) atoms. The Labute approximate surface area is 178 Å². The molecule has 0 amide bonds. The summed E-state index contributed by atoms with van der Waals surface area (Å²) in [5, 5.41) is 0.474. The van der Waals surface area contributed by atoms with Gasteiger partial charge in [-0.1, -0.05) is 18.2 Å². The van der Waals surface area contributed by atoms with Crippen LogP contribution in [-0.2, 0) is 20.0 Å². The number of benzene rings is 2. The monoisotopic (exact) mass is 448 g/mol. The molecule has 1 aromatic heterocycles. The minimum Gasteiger partial charge on any atom is -0.480 e. The Morgan fingerprint density at radius 3 is 2.67 bits per heavy atom. The maximum absolute atomic E-state index is 13.8. The Morgan fingerprint density at radius 1 is 1.20 bits per heavy atom. The third-order valence-electron chi connectivity index (χ3n) is 4.73. The molecule has 1 aliphatic rings. The Bertz CT molecular complexity index is 1120. The molecule has 0 fully saturated rings. The molecule has 1 heterocycles. The lowest BCUT2D eigenvalue weighted by Gasteiger charge is -2.19. The summed E-state index contributed by atoms with van der Waals surface area (Å²) in [5.41, 5.74) is 10.1. The molecule has 6 nitrogen and oxygen atoms in total. The van der Waals surface area contributed by atoms with Gasteiger partial charge in [0.1, 0.15) is 11.6 Å². The highest BCUT2D eigenvalue weighted by atomic mass is 32.1. The normalized spacial score (nSPS) is 12.6. The highest BCUT2D eigenvalue weighted by Crippen LogP contribution is 2.52. The van der Waals surface area contributed by atoms with Crippen LogP contribution in [0.25, 0.3) is 22.4 Å². The van der Waals surface area contributed by atoms with E-state index in [0.29, 0.717) is 17.3 Å². The first-order valence-corrected chi connectivity index (χ1v) is 12.2. The number of nitrogens with zero attached hydrogens (tertiary/aromatic N) is 1. The van der Waals surface area contributed by atoms with Gasteiger partial charge in [0.15, 0.2) is 11.5 Å². The summed E-state index contributed by atoms with van der Waals surface area (Å²) in [6.45, 7) is 4.01. The minimum absolute atomic E-state index is 0.213. The Kier molecular flexibility index (Phi) is 5.93. The van der Waals surface area contributed by atoms with Gasteiger partial charge >= 0.3 is 7.60 Å². The summed E-state index contributed by atoms with van der Waals surface area (Å²) in [6.07, 6.45) is 0.409. The lowest BCUT2D eigenvalue weighted by molar-refractivity contribution is 0.197. The van der Waals surface area contributed by atoms with E-state index in [0.717, 1.165) is 32.8 Å². The molecule has 1 aliphatic carbocycles. The van der Waals surface area contributed by atoms with Crippen LogP contribution in [0.5, 0.6) is 5.75 Å². The van der Waals surface area contributed by atoms with Crippen LogP contribution in [0.3, 0.4) is 0 Å². The van der Waals surface area contributed by atoms with Crippen LogP contribution in [0.4, 0.5) is 9.52 Å². The molecule has 0 unspecified atom stereocenters. The average Bonchev–Trinajstić information content (AvgIpc) is 3.23. The van der Waals surface area contributed by atoms with Crippen LogP contribution in [-0.4, -0.2) is 24.5 Å². The molecule has 0 saturated carbocycles. The number of halogens is 1. The number of nitrogen functional groups attached to an aromatic ring is 1. The van der Waals surface area contributed by atoms with E-state index in [2.05, 4.69) is 4.98 Å². The highest BCUT2D eigenvalue weighted by Gasteiger charge is 2.31. The van der Waals surface area contributed by atoms with Gasteiger partial charge in [0, 0.05) is 16.9 Å². The molecular formula is C21H22FN2O4PS. The van der Waals surface area contributed by atoms with Crippen LogP contribution < -0.4 is 10.5 Å². The van der Waals surface area contributed by atoms with Crippen molar-refractivity contribution < 1.29 is 22.7 Å². The van der Waals surface area contributed by atoms with Gasteiger partial charge in [-0.05, 0) is 48.7 Å². The van der Waals surface area contributed by atoms with Gasteiger partial charge in [0.25, 0.3) is 0 Å². The van der Waals surface area contributed by atoms with Crippen LogP contribution in [0.15, 0.2) is 36.4 Å². The van der Waals surface area contributed by atoms with Crippen molar-refractivity contribution >= 4 is 24.1 Å². The number of rotatable bonds is 8. The van der Waals surface area contributed by atoms with Gasteiger partial charge in [-0.3, -0.25) is 4.57 Å². The topological polar surface area (TPSA) is 83.7 Å². The van der Waals surface area contributed by atoms with Crippen molar-refractivity contribution in [2.45, 2.75) is 20.3 Å². The summed E-state index contributed by atoms with van der Waals surface area (Å²) in [6, 6.07) is 10.1. The molecule has 4 rings (SSSR count). The van der Waals surface area contributed by atoms with Gasteiger partial charge in [0.05, 0.1) is 18.9 Å². The second-order valence-corrected chi connectivity index (χ2v) is 9.81. The molecule has 0 bridgehead atoms. The molecule has 0 aliphatic heterocycles. The Hall–Kier alpha value is -2.25. The predicted molar refractivity (Wildman–Crippen MR) is 117 cm³/mol. The maximum Gasteiger partial charge on any atom is 0.367 e. The Morgan fingerprint density at radius 2 is 1.97 bits per heavy atom. The molecule has 2 aromatic carbocycles. The SMILES string of the molecule is CCOP(=O)(COc1ccc(-c2cccc(F)c2)c2c1-c1nc(N)sc1C2)OCC. The number of ether oxygens (including phenoxy) is 1. The first-order valence-electron chi connectivity index (χ1n) is 9.62. The van der Waals surface area contributed by atoms with Crippen molar-refractivity contribution in [1.29, 1.82) is 0 Å². The summed E-state index contributed by atoms with van der Waals surface area (Å²) in [7, 11) is -3.38. The fourth-order valence-corrected chi connectivity index (χ4v) is 5.77. The van der Waals surface area contributed by atoms with Crippen LogP contribution in [0.2, 0.25) is 0 Å². The van der Waals surface area contributed by atoms with Crippen molar-refractivity contribution in [2.75, 3.05) is 25.3 Å². The summed E-state index contributed by atoms with van der Waals surface area (Å²) in [4.78, 5) is 5.50. The van der Waals surface area contributed by atoms with Crippen molar-refractivity contribution in [3.8, 4) is 28.1 Å². The second kappa shape index (κ2) is 8.47. The highest BCUT2D eigenvalue weighted by molar-refractivity contribution is 7.53. The van der Waals surface area contributed by atoms with Gasteiger partial charge in [-0.15, -0.1) is 11.3 Å². The smallest absolute Gasteiger partial charge is 0.367 e. The number of hydrogen-bond donors (Lipinski definition) is 1. The van der Waals surface area contributed by atoms with Crippen LogP contribution >= 0.6 is 18.9 Å². The third kappa shape index (κ3) is 4.01. The van der Waals surface area contributed by atoms with E-state index in [1.54, 1.807) is 26.0 Å². The summed E-state index contributed by atoms with van der Waals surface area (Å²) < 4.78 is 43.2. The van der Waals surface area contributed by atoms with Gasteiger partial charge in [-0.2, -0.15) is 0 Å². The lowest BCUT2D eigenvalue weighted by atomic mass is 9.95. The molecule has 158 valence electrons. The zero-order valence-electron chi connectivity index (χ0n) is 16.7. The molecule has 2 N–H and O–H groups in total. The zero-order valence-corrected chi connectivity index (χ0v) is 18.4. The number of hydrogen-bond acceptors (Lipinski definition) is 7. The average molecular weight is 448 g/mol. The van der Waals surface area contributed by atoms with Gasteiger partial charge in [-0.25, -0.2) is 9.37 Å². The largest absolute Gasteiger partial charge is 0.480 e. The fraction of sp³-hybridized carbons (Fsp3) is 0.286. The van der Waals surface area contributed by atoms with Crippen LogP contribution in [0.1, 0.15) is 24.3 Å². The van der Waals surface area contributed by atoms with E-state index in [4.69, 9.17) is 19.5 Å². The van der Waals surface area contributed by atoms with Crippen molar-refractivity contribution in [3.63, 3.8) is 0 Å². The molecule has 0 saturated heterocycles. The minimum atomic E-state index is -3.38. The van der Waals surface area contributed by atoms with E-state index in [1.165, 1.54) is 23.5 Å². The lowest BCUT2D eigenvalue weighted by Crippen LogP contribution is -2.06. The summed E-state index contributed by atoms with van der Waals surface area (Å²) in [5.74, 6) is 0.222. The molecular weight excluding hydrogens is 426 g/mol.